The summed E-state index contributed by atoms with van der Waals surface area (Å²) in [6.45, 7) is 1.39. The molecule has 4 heterocycles. The van der Waals surface area contributed by atoms with Gasteiger partial charge in [-0.2, -0.15) is 9.37 Å². The number of nitrogens with one attached hydrogen (secondary N) is 2. The van der Waals surface area contributed by atoms with Crippen LogP contribution in [0.4, 0.5) is 8.78 Å². The Balaban J connectivity index is 1.31. The van der Waals surface area contributed by atoms with Gasteiger partial charge < -0.3 is 15.4 Å². The van der Waals surface area contributed by atoms with Crippen LogP contribution in [-0.4, -0.2) is 62.0 Å². The number of aromatic amines is 1. The molecule has 5 rings (SSSR count). The van der Waals surface area contributed by atoms with Gasteiger partial charge in [-0.3, -0.25) is 9.69 Å². The van der Waals surface area contributed by atoms with E-state index in [9.17, 15) is 18.7 Å². The lowest BCUT2D eigenvalue weighted by atomic mass is 9.99. The molecule has 2 aliphatic rings. The minimum Gasteiger partial charge on any atom is -0.493 e. The second-order valence-corrected chi connectivity index (χ2v) is 8.12. The van der Waals surface area contributed by atoms with Gasteiger partial charge >= 0.3 is 0 Å². The minimum absolute atomic E-state index is 0.00679. The van der Waals surface area contributed by atoms with Crippen molar-refractivity contribution in [1.82, 2.24) is 30.2 Å². The van der Waals surface area contributed by atoms with Crippen LogP contribution in [0, 0.1) is 11.8 Å². The van der Waals surface area contributed by atoms with Gasteiger partial charge in [0.2, 0.25) is 11.8 Å². The molecule has 3 N–H and O–H groups in total. The number of halogens is 2. The molecular formula is C23H22F2N6O2. The normalized spacial score (nSPS) is 18.9. The van der Waals surface area contributed by atoms with Gasteiger partial charge in [0.15, 0.2) is 11.6 Å². The second-order valence-electron chi connectivity index (χ2n) is 8.12. The van der Waals surface area contributed by atoms with Crippen molar-refractivity contribution >= 4 is 28.1 Å². The van der Waals surface area contributed by atoms with Crippen LogP contribution in [0.5, 0.6) is 5.88 Å². The monoisotopic (exact) mass is 452 g/mol. The second kappa shape index (κ2) is 8.36. The number of fused-ring (bicyclic) bond motifs is 1. The number of aromatic hydroxyl groups is 1. The summed E-state index contributed by atoms with van der Waals surface area (Å²) < 4.78 is 28.2. The molecule has 170 valence electrons. The third-order valence-corrected chi connectivity index (χ3v) is 6.22. The Labute approximate surface area is 188 Å². The van der Waals surface area contributed by atoms with Crippen LogP contribution in [0.2, 0.25) is 0 Å². The van der Waals surface area contributed by atoms with Crippen molar-refractivity contribution in [1.29, 1.82) is 0 Å². The maximum Gasteiger partial charge on any atom is 0.269 e. The smallest absolute Gasteiger partial charge is 0.269 e. The number of hydrogen-bond donors (Lipinski definition) is 3. The summed E-state index contributed by atoms with van der Waals surface area (Å²) >= 11 is 0. The Hall–Kier alpha value is -3.66. The van der Waals surface area contributed by atoms with Crippen LogP contribution in [0.15, 0.2) is 30.5 Å². The van der Waals surface area contributed by atoms with Gasteiger partial charge in [-0.25, -0.2) is 14.4 Å². The van der Waals surface area contributed by atoms with Crippen molar-refractivity contribution in [2.45, 2.75) is 25.3 Å². The lowest BCUT2D eigenvalue weighted by Gasteiger charge is -2.30. The fourth-order valence-electron chi connectivity index (χ4n) is 4.46. The van der Waals surface area contributed by atoms with Crippen LogP contribution in [0.3, 0.4) is 0 Å². The Morgan fingerprint density at radius 3 is 2.79 bits per heavy atom. The number of hydrogen-bond acceptors (Lipinski definition) is 6. The van der Waals surface area contributed by atoms with E-state index in [-0.39, 0.29) is 28.6 Å². The van der Waals surface area contributed by atoms with E-state index < -0.39 is 17.7 Å². The van der Waals surface area contributed by atoms with Gasteiger partial charge in [0.1, 0.15) is 16.7 Å². The molecule has 8 nitrogen and oxygen atoms in total. The Kier molecular flexibility index (Phi) is 5.37. The number of pyridine rings is 1. The van der Waals surface area contributed by atoms with Gasteiger partial charge in [0.25, 0.3) is 5.91 Å². The number of allylic oxidation sites excluding steroid dienone is 1. The molecule has 0 spiro atoms. The summed E-state index contributed by atoms with van der Waals surface area (Å²) in [5, 5.41) is 12.5. The predicted molar refractivity (Wildman–Crippen MR) is 118 cm³/mol. The van der Waals surface area contributed by atoms with E-state index in [1.165, 1.54) is 13.1 Å². The number of H-pyrrole nitrogens is 1. The highest BCUT2D eigenvalue weighted by Crippen LogP contribution is 2.34. The molecule has 0 saturated carbocycles. The summed E-state index contributed by atoms with van der Waals surface area (Å²) in [5.41, 5.74) is 2.51. The predicted octanol–water partition coefficient (Wildman–Crippen LogP) is 3.03. The molecule has 0 saturated heterocycles. The van der Waals surface area contributed by atoms with Crippen LogP contribution in [0.1, 0.15) is 41.1 Å². The van der Waals surface area contributed by atoms with Crippen molar-refractivity contribution in [2.75, 3.05) is 20.1 Å². The van der Waals surface area contributed by atoms with E-state index in [2.05, 4.69) is 36.2 Å². The topological polar surface area (TPSA) is 107 Å². The number of carbonyl (C=O) groups is 1. The standard InChI is InChI=1S/C23H22F2N6O2/c1-26-22(32)17-5-4-15(19(25)28-17)12-6-8-31(9-7-12)14-3-2-13(10-14)20-29-21-18(23(33)30-20)16(24)11-27-21/h4-6,10-11,14H,2-3,7-9H2,1H3,(H,26,32)(H2,27,29,30,33). The quantitative estimate of drug-likeness (QED) is 0.526. The van der Waals surface area contributed by atoms with E-state index in [0.717, 1.165) is 36.7 Å². The van der Waals surface area contributed by atoms with E-state index in [4.69, 9.17) is 0 Å². The molecule has 0 fully saturated rings. The lowest BCUT2D eigenvalue weighted by Crippen LogP contribution is -2.36. The summed E-state index contributed by atoms with van der Waals surface area (Å²) in [6, 6.07) is 3.29. The number of aromatic nitrogens is 4. The molecule has 0 radical (unpaired) electrons. The van der Waals surface area contributed by atoms with Gasteiger partial charge in [0.05, 0.1) is 0 Å². The zero-order chi connectivity index (χ0) is 23.1. The molecule has 33 heavy (non-hydrogen) atoms. The number of rotatable bonds is 4. The maximum absolute atomic E-state index is 14.5. The van der Waals surface area contributed by atoms with Crippen molar-refractivity contribution in [3.05, 3.63) is 59.3 Å². The van der Waals surface area contributed by atoms with Gasteiger partial charge in [-0.1, -0.05) is 12.2 Å². The third-order valence-electron chi connectivity index (χ3n) is 6.22. The van der Waals surface area contributed by atoms with Crippen molar-refractivity contribution in [2.24, 2.45) is 0 Å². The molecular weight excluding hydrogens is 430 g/mol. The first-order valence-electron chi connectivity index (χ1n) is 10.7. The first-order chi connectivity index (χ1) is 15.9. The highest BCUT2D eigenvalue weighted by Gasteiger charge is 2.27. The highest BCUT2D eigenvalue weighted by molar-refractivity contribution is 5.92. The number of nitrogens with zero attached hydrogens (tertiary/aromatic N) is 4. The Morgan fingerprint density at radius 2 is 2.06 bits per heavy atom. The zero-order valence-electron chi connectivity index (χ0n) is 17.9. The molecule has 1 aliphatic heterocycles. The summed E-state index contributed by atoms with van der Waals surface area (Å²) in [5.74, 6) is -1.64. The van der Waals surface area contributed by atoms with Crippen LogP contribution in [-0.2, 0) is 0 Å². The fourth-order valence-corrected chi connectivity index (χ4v) is 4.46. The van der Waals surface area contributed by atoms with Crippen molar-refractivity contribution < 1.29 is 18.7 Å². The number of carbonyl (C=O) groups excluding carboxylic acids is 1. The largest absolute Gasteiger partial charge is 0.493 e. The molecule has 0 bridgehead atoms. The van der Waals surface area contributed by atoms with E-state index in [1.54, 1.807) is 6.07 Å². The molecule has 3 aromatic heterocycles. The van der Waals surface area contributed by atoms with Crippen LogP contribution in [0.25, 0.3) is 22.2 Å². The molecule has 1 atom stereocenters. The van der Waals surface area contributed by atoms with Crippen molar-refractivity contribution in [3.63, 3.8) is 0 Å². The first-order valence-corrected chi connectivity index (χ1v) is 10.7. The SMILES string of the molecule is CNC(=O)c1ccc(C2=CCN(C3C=C(c4nc(O)c5c(F)c[nH]c5n4)CC3)CC2)c(F)n1. The lowest BCUT2D eigenvalue weighted by molar-refractivity contribution is 0.0957. The zero-order valence-corrected chi connectivity index (χ0v) is 17.9. The molecule has 10 heteroatoms. The molecule has 1 aliphatic carbocycles. The third kappa shape index (κ3) is 3.86. The van der Waals surface area contributed by atoms with Gasteiger partial charge in [0, 0.05) is 37.9 Å². The Bertz CT molecular complexity index is 1320. The number of amides is 1. The summed E-state index contributed by atoms with van der Waals surface area (Å²) in [6.07, 6.45) is 7.49. The maximum atomic E-state index is 14.5. The minimum atomic E-state index is -0.646. The Morgan fingerprint density at radius 1 is 1.21 bits per heavy atom. The average molecular weight is 452 g/mol. The molecule has 0 aromatic carbocycles. The van der Waals surface area contributed by atoms with Gasteiger partial charge in [-0.05, 0) is 42.5 Å². The van der Waals surface area contributed by atoms with E-state index in [1.807, 2.05) is 6.08 Å². The van der Waals surface area contributed by atoms with Crippen LogP contribution < -0.4 is 5.32 Å². The highest BCUT2D eigenvalue weighted by atomic mass is 19.1. The average Bonchev–Trinajstić information content (AvgIpc) is 3.46. The first kappa shape index (κ1) is 21.2. The summed E-state index contributed by atoms with van der Waals surface area (Å²) in [7, 11) is 1.48. The summed E-state index contributed by atoms with van der Waals surface area (Å²) in [4.78, 5) is 28.9. The van der Waals surface area contributed by atoms with E-state index in [0.29, 0.717) is 24.4 Å². The van der Waals surface area contributed by atoms with Crippen LogP contribution >= 0.6 is 0 Å². The fraction of sp³-hybridized carbons (Fsp3) is 0.304. The van der Waals surface area contributed by atoms with E-state index >= 15 is 0 Å². The molecule has 1 unspecified atom stereocenters. The molecule has 1 amide bonds. The molecule has 3 aromatic rings. The van der Waals surface area contributed by atoms with Crippen molar-refractivity contribution in [3.8, 4) is 5.88 Å². The van der Waals surface area contributed by atoms with Gasteiger partial charge in [-0.15, -0.1) is 0 Å².